The number of hydrogen-bond donors (Lipinski definition) is 2. The zero-order chi connectivity index (χ0) is 15.5. The Morgan fingerprint density at radius 2 is 2.09 bits per heavy atom. The Morgan fingerprint density at radius 3 is 2.86 bits per heavy atom. The average Bonchev–Trinajstić information content (AvgIpc) is 2.87. The van der Waals surface area contributed by atoms with Gasteiger partial charge in [-0.25, -0.2) is 26.3 Å². The van der Waals surface area contributed by atoms with Crippen LogP contribution in [0.15, 0.2) is 36.7 Å². The number of amides is 2. The Balaban J connectivity index is 2.24. The van der Waals surface area contributed by atoms with E-state index in [-0.39, 0.29) is 12.5 Å². The number of fused-ring (bicyclic) bond motifs is 1. The van der Waals surface area contributed by atoms with Crippen molar-refractivity contribution in [3.8, 4) is 11.5 Å². The summed E-state index contributed by atoms with van der Waals surface area (Å²) < 4.78 is 1.72. The van der Waals surface area contributed by atoms with Crippen molar-refractivity contribution < 1.29 is 4.79 Å². The number of rotatable bonds is 3. The van der Waals surface area contributed by atoms with Gasteiger partial charge in [0.05, 0.1) is 11.0 Å². The van der Waals surface area contributed by atoms with Crippen LogP contribution in [0, 0.1) is 6.57 Å². The third-order valence-corrected chi connectivity index (χ3v) is 3.02. The molecular weight excluding hydrogens is 282 g/mol. The van der Waals surface area contributed by atoms with Gasteiger partial charge in [-0.3, -0.25) is 14.7 Å². The molecule has 0 bridgehead atoms. The Labute approximate surface area is 125 Å². The summed E-state index contributed by atoms with van der Waals surface area (Å²) in [6.07, 6.45) is 2.93. The zero-order valence-electron chi connectivity index (χ0n) is 11.4. The van der Waals surface area contributed by atoms with E-state index in [9.17, 15) is 4.79 Å². The van der Waals surface area contributed by atoms with Gasteiger partial charge in [-0.1, -0.05) is 12.1 Å². The predicted octanol–water partition coefficient (Wildman–Crippen LogP) is 1.86. The molecule has 8 nitrogen and oxygen atoms in total. The van der Waals surface area contributed by atoms with E-state index in [4.69, 9.17) is 12.3 Å². The SMILES string of the molecule is [C-]#[N+]Cn1c(-c2nccnc2NC(N)=O)nc2ccccc21. The molecule has 22 heavy (non-hydrogen) atoms. The van der Waals surface area contributed by atoms with Crippen LogP contribution in [0.25, 0.3) is 27.4 Å². The lowest BCUT2D eigenvalue weighted by Crippen LogP contribution is -2.21. The largest absolute Gasteiger partial charge is 0.351 e. The number of nitrogens with zero attached hydrogens (tertiary/aromatic N) is 5. The van der Waals surface area contributed by atoms with Gasteiger partial charge < -0.3 is 5.73 Å². The monoisotopic (exact) mass is 293 g/mol. The number of imidazole rings is 1. The lowest BCUT2D eigenvalue weighted by atomic mass is 10.3. The number of primary amides is 1. The number of aromatic nitrogens is 4. The third-order valence-electron chi connectivity index (χ3n) is 3.02. The smallest absolute Gasteiger partial charge is 0.317 e. The molecule has 3 rings (SSSR count). The van der Waals surface area contributed by atoms with Gasteiger partial charge in [-0.15, -0.1) is 0 Å². The van der Waals surface area contributed by atoms with Gasteiger partial charge in [0.2, 0.25) is 0 Å². The Kier molecular flexibility index (Phi) is 3.37. The summed E-state index contributed by atoms with van der Waals surface area (Å²) in [7, 11) is 0. The highest BCUT2D eigenvalue weighted by Crippen LogP contribution is 2.27. The standard InChI is InChI=1S/C14H11N7O/c1-16-8-21-10-5-3-2-4-9(10)19-13(21)11-12(20-14(15)22)18-7-6-17-11/h2-7H,8H2,(H3,15,18,20,22). The first-order valence-electron chi connectivity index (χ1n) is 6.37. The molecule has 3 aromatic rings. The summed E-state index contributed by atoms with van der Waals surface area (Å²) in [6, 6.07) is 6.70. The molecule has 0 radical (unpaired) electrons. The van der Waals surface area contributed by atoms with E-state index in [1.54, 1.807) is 4.57 Å². The van der Waals surface area contributed by atoms with Crippen molar-refractivity contribution in [1.29, 1.82) is 0 Å². The number of para-hydroxylation sites is 2. The molecule has 0 unspecified atom stereocenters. The molecule has 1 aromatic carbocycles. The topological polar surface area (TPSA) is 103 Å². The van der Waals surface area contributed by atoms with Crippen LogP contribution in [-0.2, 0) is 6.67 Å². The van der Waals surface area contributed by atoms with E-state index >= 15 is 0 Å². The summed E-state index contributed by atoms with van der Waals surface area (Å²) in [5, 5.41) is 2.42. The van der Waals surface area contributed by atoms with Crippen molar-refractivity contribution in [3.63, 3.8) is 0 Å². The van der Waals surface area contributed by atoms with Gasteiger partial charge >= 0.3 is 6.03 Å². The minimum Gasteiger partial charge on any atom is -0.351 e. The summed E-state index contributed by atoms with van der Waals surface area (Å²) in [5.41, 5.74) is 7.05. The van der Waals surface area contributed by atoms with Crippen molar-refractivity contribution >= 4 is 22.9 Å². The van der Waals surface area contributed by atoms with Gasteiger partial charge in [0.15, 0.2) is 11.6 Å². The molecule has 2 aromatic heterocycles. The summed E-state index contributed by atoms with van der Waals surface area (Å²) in [5.74, 6) is 0.658. The van der Waals surface area contributed by atoms with Crippen molar-refractivity contribution in [2.75, 3.05) is 5.32 Å². The van der Waals surface area contributed by atoms with Crippen LogP contribution >= 0.6 is 0 Å². The van der Waals surface area contributed by atoms with Gasteiger partial charge in [0, 0.05) is 12.4 Å². The minimum absolute atomic E-state index is 0.0857. The first kappa shape index (κ1) is 13.5. The molecule has 8 heteroatoms. The van der Waals surface area contributed by atoms with Crippen LogP contribution in [0.1, 0.15) is 0 Å². The van der Waals surface area contributed by atoms with Gasteiger partial charge in [0.1, 0.15) is 5.69 Å². The normalized spacial score (nSPS) is 10.3. The average molecular weight is 293 g/mol. The molecule has 0 atom stereocenters. The van der Waals surface area contributed by atoms with Crippen LogP contribution in [0.2, 0.25) is 0 Å². The summed E-state index contributed by atoms with van der Waals surface area (Å²) in [4.78, 5) is 27.3. The lowest BCUT2D eigenvalue weighted by Gasteiger charge is -2.07. The first-order chi connectivity index (χ1) is 10.7. The fraction of sp³-hybridized carbons (Fsp3) is 0.0714. The van der Waals surface area contributed by atoms with Gasteiger partial charge in [-0.05, 0) is 12.1 Å². The number of benzene rings is 1. The van der Waals surface area contributed by atoms with E-state index in [0.29, 0.717) is 11.5 Å². The fourth-order valence-corrected chi connectivity index (χ4v) is 2.18. The molecule has 2 amide bonds. The Morgan fingerprint density at radius 1 is 1.32 bits per heavy atom. The summed E-state index contributed by atoms with van der Waals surface area (Å²) >= 11 is 0. The second-order valence-corrected chi connectivity index (χ2v) is 4.39. The first-order valence-corrected chi connectivity index (χ1v) is 6.37. The van der Waals surface area contributed by atoms with Crippen LogP contribution in [0.4, 0.5) is 10.6 Å². The van der Waals surface area contributed by atoms with Gasteiger partial charge in [0.25, 0.3) is 6.67 Å². The number of nitrogens with two attached hydrogens (primary N) is 1. The van der Waals surface area contributed by atoms with Crippen molar-refractivity contribution in [2.45, 2.75) is 6.67 Å². The van der Waals surface area contributed by atoms with Crippen LogP contribution in [-0.4, -0.2) is 25.6 Å². The molecule has 0 saturated carbocycles. The molecule has 0 spiro atoms. The maximum Gasteiger partial charge on any atom is 0.317 e. The molecular formula is C14H11N7O. The van der Waals surface area contributed by atoms with E-state index in [2.05, 4.69) is 25.1 Å². The molecule has 108 valence electrons. The molecule has 0 aliphatic rings. The lowest BCUT2D eigenvalue weighted by molar-refractivity contribution is 0.259. The third kappa shape index (κ3) is 2.31. The number of carbonyl (C=O) groups excluding carboxylic acids is 1. The second kappa shape index (κ2) is 5.49. The molecule has 0 aliphatic heterocycles. The van der Waals surface area contributed by atoms with Gasteiger partial charge in [-0.2, -0.15) is 0 Å². The highest BCUT2D eigenvalue weighted by atomic mass is 16.2. The molecule has 0 aliphatic carbocycles. The van der Waals surface area contributed by atoms with E-state index < -0.39 is 6.03 Å². The van der Waals surface area contributed by atoms with Crippen molar-refractivity contribution in [3.05, 3.63) is 48.1 Å². The van der Waals surface area contributed by atoms with E-state index in [0.717, 1.165) is 11.0 Å². The van der Waals surface area contributed by atoms with Crippen molar-refractivity contribution in [2.24, 2.45) is 5.73 Å². The number of nitrogens with one attached hydrogen (secondary N) is 1. The number of urea groups is 1. The van der Waals surface area contributed by atoms with E-state index in [1.807, 2.05) is 24.3 Å². The summed E-state index contributed by atoms with van der Waals surface area (Å²) in [6.45, 7) is 7.22. The molecule has 2 heterocycles. The second-order valence-electron chi connectivity index (χ2n) is 4.39. The fourth-order valence-electron chi connectivity index (χ4n) is 2.18. The van der Waals surface area contributed by atoms with Crippen LogP contribution < -0.4 is 11.1 Å². The quantitative estimate of drug-likeness (QED) is 0.719. The maximum absolute atomic E-state index is 11.1. The molecule has 3 N–H and O–H groups in total. The maximum atomic E-state index is 11.1. The van der Waals surface area contributed by atoms with Crippen LogP contribution in [0.5, 0.6) is 0 Å². The molecule has 0 saturated heterocycles. The minimum atomic E-state index is -0.741. The number of anilines is 1. The van der Waals surface area contributed by atoms with E-state index in [1.165, 1.54) is 12.4 Å². The molecule has 0 fully saturated rings. The Hall–Kier alpha value is -3.47. The zero-order valence-corrected chi connectivity index (χ0v) is 11.4. The number of hydrogen-bond acceptors (Lipinski definition) is 4. The predicted molar refractivity (Wildman–Crippen MR) is 80.6 cm³/mol. The highest BCUT2D eigenvalue weighted by molar-refractivity contribution is 5.91. The highest BCUT2D eigenvalue weighted by Gasteiger charge is 2.19. The Bertz CT molecular complexity index is 894. The van der Waals surface area contributed by atoms with Crippen LogP contribution in [0.3, 0.4) is 0 Å². The number of carbonyl (C=O) groups is 1. The van der Waals surface area contributed by atoms with Crippen molar-refractivity contribution in [1.82, 2.24) is 19.5 Å².